The van der Waals surface area contributed by atoms with Crippen molar-refractivity contribution in [1.82, 2.24) is 9.62 Å². The SMILES string of the molecule is CCCCCN(C(C)C)S(=O)(=O)c1cc(CNC)cs1. The molecule has 0 aliphatic carbocycles. The van der Waals surface area contributed by atoms with E-state index in [9.17, 15) is 8.42 Å². The Morgan fingerprint density at radius 1 is 1.35 bits per heavy atom. The summed E-state index contributed by atoms with van der Waals surface area (Å²) in [6.45, 7) is 7.30. The maximum atomic E-state index is 12.7. The molecule has 4 nitrogen and oxygen atoms in total. The summed E-state index contributed by atoms with van der Waals surface area (Å²) < 4.78 is 27.5. The van der Waals surface area contributed by atoms with E-state index < -0.39 is 10.0 Å². The Morgan fingerprint density at radius 2 is 2.05 bits per heavy atom. The molecule has 0 aliphatic rings. The largest absolute Gasteiger partial charge is 0.316 e. The molecule has 0 saturated heterocycles. The van der Waals surface area contributed by atoms with Crippen LogP contribution in [0.3, 0.4) is 0 Å². The smallest absolute Gasteiger partial charge is 0.252 e. The molecule has 0 fully saturated rings. The molecule has 0 bridgehead atoms. The lowest BCUT2D eigenvalue weighted by molar-refractivity contribution is 0.346. The second kappa shape index (κ2) is 8.12. The van der Waals surface area contributed by atoms with E-state index in [-0.39, 0.29) is 6.04 Å². The summed E-state index contributed by atoms with van der Waals surface area (Å²) in [7, 11) is -1.50. The van der Waals surface area contributed by atoms with Gasteiger partial charge in [0.15, 0.2) is 0 Å². The molecule has 0 amide bonds. The highest BCUT2D eigenvalue weighted by atomic mass is 32.2. The Balaban J connectivity index is 2.90. The van der Waals surface area contributed by atoms with Crippen molar-refractivity contribution in [3.8, 4) is 0 Å². The average Bonchev–Trinajstić information content (AvgIpc) is 2.83. The Morgan fingerprint density at radius 3 is 2.60 bits per heavy atom. The topological polar surface area (TPSA) is 49.4 Å². The summed E-state index contributed by atoms with van der Waals surface area (Å²) in [6.07, 6.45) is 3.08. The van der Waals surface area contributed by atoms with Gasteiger partial charge in [-0.25, -0.2) is 8.42 Å². The first-order valence-electron chi connectivity index (χ1n) is 7.17. The van der Waals surface area contributed by atoms with Crippen LogP contribution in [-0.2, 0) is 16.6 Å². The highest BCUT2D eigenvalue weighted by Crippen LogP contribution is 2.25. The molecule has 0 saturated carbocycles. The van der Waals surface area contributed by atoms with Crippen molar-refractivity contribution in [2.75, 3.05) is 13.6 Å². The standard InChI is InChI=1S/C14H26N2O2S2/c1-5-6-7-8-16(12(2)3)20(17,18)14-9-13(10-15-4)11-19-14/h9,11-12,15H,5-8,10H2,1-4H3. The number of sulfonamides is 1. The van der Waals surface area contributed by atoms with Crippen molar-refractivity contribution < 1.29 is 8.42 Å². The lowest BCUT2D eigenvalue weighted by Gasteiger charge is -2.25. The van der Waals surface area contributed by atoms with Gasteiger partial charge < -0.3 is 5.32 Å². The fourth-order valence-electron chi connectivity index (χ4n) is 2.07. The normalized spacial score (nSPS) is 12.5. The molecule has 0 unspecified atom stereocenters. The van der Waals surface area contributed by atoms with Gasteiger partial charge in [-0.1, -0.05) is 19.8 Å². The minimum absolute atomic E-state index is 0.00768. The van der Waals surface area contributed by atoms with E-state index in [1.54, 1.807) is 10.4 Å². The molecule has 1 N–H and O–H groups in total. The number of hydrogen-bond donors (Lipinski definition) is 1. The van der Waals surface area contributed by atoms with E-state index in [1.165, 1.54) is 11.3 Å². The second-order valence-electron chi connectivity index (χ2n) is 5.22. The minimum atomic E-state index is -3.35. The maximum Gasteiger partial charge on any atom is 0.252 e. The summed E-state index contributed by atoms with van der Waals surface area (Å²) in [5.41, 5.74) is 1.02. The van der Waals surface area contributed by atoms with E-state index in [0.717, 1.165) is 24.8 Å². The van der Waals surface area contributed by atoms with Gasteiger partial charge in [0.1, 0.15) is 4.21 Å². The van der Waals surface area contributed by atoms with Gasteiger partial charge in [-0.2, -0.15) is 4.31 Å². The third-order valence-electron chi connectivity index (χ3n) is 3.13. The van der Waals surface area contributed by atoms with E-state index >= 15 is 0 Å². The highest BCUT2D eigenvalue weighted by molar-refractivity contribution is 7.91. The number of nitrogens with zero attached hydrogens (tertiary/aromatic N) is 1. The van der Waals surface area contributed by atoms with E-state index in [1.807, 2.05) is 26.3 Å². The fourth-order valence-corrected chi connectivity index (χ4v) is 5.09. The molecule has 0 radical (unpaired) electrons. The Labute approximate surface area is 127 Å². The van der Waals surface area contributed by atoms with Crippen LogP contribution in [-0.4, -0.2) is 32.4 Å². The van der Waals surface area contributed by atoms with Crippen LogP contribution in [0.5, 0.6) is 0 Å². The Bertz CT molecular complexity index is 495. The van der Waals surface area contributed by atoms with Crippen LogP contribution in [0.4, 0.5) is 0 Å². The molecule has 116 valence electrons. The zero-order chi connectivity index (χ0) is 15.2. The third-order valence-corrected chi connectivity index (χ3v) is 6.67. The van der Waals surface area contributed by atoms with Crippen LogP contribution >= 0.6 is 11.3 Å². The van der Waals surface area contributed by atoms with Crippen LogP contribution in [0.15, 0.2) is 15.7 Å². The van der Waals surface area contributed by atoms with Gasteiger partial charge in [-0.3, -0.25) is 0 Å². The number of hydrogen-bond acceptors (Lipinski definition) is 4. The van der Waals surface area contributed by atoms with E-state index in [4.69, 9.17) is 0 Å². The Hall–Kier alpha value is -0.430. The number of thiophene rings is 1. The first kappa shape index (κ1) is 17.6. The summed E-state index contributed by atoms with van der Waals surface area (Å²) in [6, 6.07) is 1.78. The maximum absolute atomic E-state index is 12.7. The molecule has 1 heterocycles. The van der Waals surface area contributed by atoms with Gasteiger partial charge in [-0.05, 0) is 44.3 Å². The van der Waals surface area contributed by atoms with Gasteiger partial charge >= 0.3 is 0 Å². The summed E-state index contributed by atoms with van der Waals surface area (Å²) in [4.78, 5) is 0. The van der Waals surface area contributed by atoms with Gasteiger partial charge in [0.2, 0.25) is 0 Å². The van der Waals surface area contributed by atoms with Gasteiger partial charge in [-0.15, -0.1) is 11.3 Å². The van der Waals surface area contributed by atoms with Crippen molar-refractivity contribution >= 4 is 21.4 Å². The molecule has 0 spiro atoms. The van der Waals surface area contributed by atoms with E-state index in [0.29, 0.717) is 17.3 Å². The van der Waals surface area contributed by atoms with Crippen LogP contribution < -0.4 is 5.32 Å². The molecule has 20 heavy (non-hydrogen) atoms. The lowest BCUT2D eigenvalue weighted by atomic mass is 10.2. The first-order chi connectivity index (χ1) is 9.43. The summed E-state index contributed by atoms with van der Waals surface area (Å²) >= 11 is 1.31. The molecule has 0 aliphatic heterocycles. The van der Waals surface area contributed by atoms with Crippen molar-refractivity contribution in [3.63, 3.8) is 0 Å². The predicted molar refractivity (Wildman–Crippen MR) is 85.6 cm³/mol. The number of nitrogens with one attached hydrogen (secondary N) is 1. The van der Waals surface area contributed by atoms with E-state index in [2.05, 4.69) is 12.2 Å². The average molecular weight is 319 g/mol. The first-order valence-corrected chi connectivity index (χ1v) is 9.49. The molecule has 0 atom stereocenters. The summed E-state index contributed by atoms with van der Waals surface area (Å²) in [5, 5.41) is 4.95. The predicted octanol–water partition coefficient (Wildman–Crippen LogP) is 3.06. The lowest BCUT2D eigenvalue weighted by Crippen LogP contribution is -2.37. The van der Waals surface area contributed by atoms with Crippen molar-refractivity contribution in [2.45, 2.75) is 56.8 Å². The minimum Gasteiger partial charge on any atom is -0.316 e. The van der Waals surface area contributed by atoms with Gasteiger partial charge in [0, 0.05) is 19.1 Å². The van der Waals surface area contributed by atoms with Crippen molar-refractivity contribution in [1.29, 1.82) is 0 Å². The Kier molecular flexibility index (Phi) is 7.15. The molecule has 6 heteroatoms. The van der Waals surface area contributed by atoms with Crippen LogP contribution in [0.1, 0.15) is 45.6 Å². The zero-order valence-corrected chi connectivity index (χ0v) is 14.5. The monoisotopic (exact) mass is 318 g/mol. The van der Waals surface area contributed by atoms with Gasteiger partial charge in [0.05, 0.1) is 0 Å². The number of rotatable bonds is 9. The fraction of sp³-hybridized carbons (Fsp3) is 0.714. The second-order valence-corrected chi connectivity index (χ2v) is 8.25. The van der Waals surface area contributed by atoms with Crippen LogP contribution in [0.2, 0.25) is 0 Å². The van der Waals surface area contributed by atoms with Crippen molar-refractivity contribution in [3.05, 3.63) is 17.0 Å². The number of unbranched alkanes of at least 4 members (excludes halogenated alkanes) is 2. The molecule has 1 aromatic rings. The molecule has 0 aromatic carbocycles. The summed E-state index contributed by atoms with van der Waals surface area (Å²) in [5.74, 6) is 0. The molecular weight excluding hydrogens is 292 g/mol. The quantitative estimate of drug-likeness (QED) is 0.712. The highest BCUT2D eigenvalue weighted by Gasteiger charge is 2.27. The molecule has 1 aromatic heterocycles. The van der Waals surface area contributed by atoms with Gasteiger partial charge in [0.25, 0.3) is 10.0 Å². The third kappa shape index (κ3) is 4.55. The van der Waals surface area contributed by atoms with Crippen molar-refractivity contribution in [2.24, 2.45) is 0 Å². The van der Waals surface area contributed by atoms with Crippen LogP contribution in [0, 0.1) is 0 Å². The van der Waals surface area contributed by atoms with Crippen LogP contribution in [0.25, 0.3) is 0 Å². The molecule has 1 rings (SSSR count). The zero-order valence-electron chi connectivity index (χ0n) is 12.8. The molecular formula is C14H26N2O2S2.